The largest absolute Gasteiger partial charge is 0.434 e. The van der Waals surface area contributed by atoms with Gasteiger partial charge >= 0.3 is 0 Å². The standard InChI is InChI=1S/C14H12ClN3O/c1-8-4-10(15)5-12-13(8)19-14(18-12)11-3-2-9(6-16)7-17-11/h2-5,7H,6,16H2,1H3. The van der Waals surface area contributed by atoms with Gasteiger partial charge in [-0.3, -0.25) is 4.98 Å². The van der Waals surface area contributed by atoms with Gasteiger partial charge in [-0.25, -0.2) is 4.98 Å². The predicted molar refractivity (Wildman–Crippen MR) is 74.9 cm³/mol. The third kappa shape index (κ3) is 2.20. The SMILES string of the molecule is Cc1cc(Cl)cc2nc(-c3ccc(CN)cn3)oc12. The van der Waals surface area contributed by atoms with E-state index in [2.05, 4.69) is 9.97 Å². The van der Waals surface area contributed by atoms with Crippen LogP contribution in [0.25, 0.3) is 22.7 Å². The van der Waals surface area contributed by atoms with Gasteiger partial charge in [0, 0.05) is 17.8 Å². The van der Waals surface area contributed by atoms with Crippen LogP contribution in [0.15, 0.2) is 34.9 Å². The van der Waals surface area contributed by atoms with Crippen LogP contribution in [0.1, 0.15) is 11.1 Å². The van der Waals surface area contributed by atoms with Crippen molar-refractivity contribution in [3.63, 3.8) is 0 Å². The second-order valence-corrected chi connectivity index (χ2v) is 4.78. The molecule has 0 saturated carbocycles. The fraction of sp³-hybridized carbons (Fsp3) is 0.143. The molecule has 96 valence electrons. The molecule has 0 aliphatic heterocycles. The number of nitrogens with zero attached hydrogens (tertiary/aromatic N) is 2. The van der Waals surface area contributed by atoms with E-state index in [0.29, 0.717) is 23.2 Å². The van der Waals surface area contributed by atoms with E-state index in [4.69, 9.17) is 21.8 Å². The molecule has 0 bridgehead atoms. The maximum Gasteiger partial charge on any atom is 0.246 e. The smallest absolute Gasteiger partial charge is 0.246 e. The Labute approximate surface area is 115 Å². The number of nitrogens with two attached hydrogens (primary N) is 1. The minimum atomic E-state index is 0.468. The molecule has 19 heavy (non-hydrogen) atoms. The lowest BCUT2D eigenvalue weighted by molar-refractivity contribution is 0.614. The third-order valence-corrected chi connectivity index (χ3v) is 3.14. The number of hydrogen-bond acceptors (Lipinski definition) is 4. The van der Waals surface area contributed by atoms with Gasteiger partial charge in [-0.15, -0.1) is 0 Å². The summed E-state index contributed by atoms with van der Waals surface area (Å²) in [5.41, 5.74) is 9.64. The van der Waals surface area contributed by atoms with Crippen LogP contribution in [0.5, 0.6) is 0 Å². The molecule has 0 aliphatic carbocycles. The van der Waals surface area contributed by atoms with E-state index in [1.165, 1.54) is 0 Å². The Morgan fingerprint density at radius 2 is 2.16 bits per heavy atom. The zero-order valence-electron chi connectivity index (χ0n) is 10.4. The number of oxazole rings is 1. The quantitative estimate of drug-likeness (QED) is 0.778. The van der Waals surface area contributed by atoms with Gasteiger partial charge < -0.3 is 10.2 Å². The van der Waals surface area contributed by atoms with Crippen LogP contribution in [0, 0.1) is 6.92 Å². The van der Waals surface area contributed by atoms with Gasteiger partial charge in [-0.1, -0.05) is 17.7 Å². The maximum atomic E-state index is 6.01. The van der Waals surface area contributed by atoms with Crippen LogP contribution < -0.4 is 5.73 Å². The normalized spacial score (nSPS) is 11.1. The van der Waals surface area contributed by atoms with Gasteiger partial charge in [0.05, 0.1) is 0 Å². The molecular weight excluding hydrogens is 262 g/mol. The van der Waals surface area contributed by atoms with E-state index in [0.717, 1.165) is 22.2 Å². The van der Waals surface area contributed by atoms with Crippen LogP contribution in [0.3, 0.4) is 0 Å². The maximum absolute atomic E-state index is 6.01. The number of aryl methyl sites for hydroxylation is 1. The van der Waals surface area contributed by atoms with E-state index >= 15 is 0 Å². The summed E-state index contributed by atoms with van der Waals surface area (Å²) in [7, 11) is 0. The summed E-state index contributed by atoms with van der Waals surface area (Å²) < 4.78 is 5.75. The summed E-state index contributed by atoms with van der Waals surface area (Å²) in [6.07, 6.45) is 1.73. The van der Waals surface area contributed by atoms with Crippen molar-refractivity contribution in [3.8, 4) is 11.6 Å². The number of hydrogen-bond donors (Lipinski definition) is 1. The van der Waals surface area contributed by atoms with E-state index in [1.807, 2.05) is 25.1 Å². The highest BCUT2D eigenvalue weighted by Crippen LogP contribution is 2.28. The minimum absolute atomic E-state index is 0.468. The molecule has 0 radical (unpaired) electrons. The van der Waals surface area contributed by atoms with Crippen LogP contribution in [-0.4, -0.2) is 9.97 Å². The Bertz CT molecular complexity index is 734. The topological polar surface area (TPSA) is 64.9 Å². The second kappa shape index (κ2) is 4.64. The first-order valence-corrected chi connectivity index (χ1v) is 6.27. The molecule has 0 aliphatic rings. The van der Waals surface area contributed by atoms with Crippen LogP contribution >= 0.6 is 11.6 Å². The molecule has 2 aromatic heterocycles. The average Bonchev–Trinajstić information content (AvgIpc) is 2.83. The van der Waals surface area contributed by atoms with E-state index in [-0.39, 0.29) is 0 Å². The summed E-state index contributed by atoms with van der Waals surface area (Å²) in [6.45, 7) is 2.41. The van der Waals surface area contributed by atoms with Crippen molar-refractivity contribution in [3.05, 3.63) is 46.6 Å². The third-order valence-electron chi connectivity index (χ3n) is 2.92. The van der Waals surface area contributed by atoms with Gasteiger partial charge in [0.15, 0.2) is 5.58 Å². The number of pyridine rings is 1. The minimum Gasteiger partial charge on any atom is -0.434 e. The molecule has 3 aromatic rings. The van der Waals surface area contributed by atoms with Gasteiger partial charge in [0.25, 0.3) is 0 Å². The van der Waals surface area contributed by atoms with Gasteiger partial charge in [0.1, 0.15) is 11.2 Å². The van der Waals surface area contributed by atoms with Crippen molar-refractivity contribution in [1.29, 1.82) is 0 Å². The summed E-state index contributed by atoms with van der Waals surface area (Å²) in [6, 6.07) is 7.40. The van der Waals surface area contributed by atoms with E-state index in [9.17, 15) is 0 Å². The van der Waals surface area contributed by atoms with Gasteiger partial charge in [0.2, 0.25) is 5.89 Å². The van der Waals surface area contributed by atoms with Crippen molar-refractivity contribution in [2.75, 3.05) is 0 Å². The van der Waals surface area contributed by atoms with E-state index < -0.39 is 0 Å². The Morgan fingerprint density at radius 3 is 2.84 bits per heavy atom. The molecule has 4 nitrogen and oxygen atoms in total. The summed E-state index contributed by atoms with van der Waals surface area (Å²) >= 11 is 6.01. The molecule has 0 saturated heterocycles. The van der Waals surface area contributed by atoms with Crippen molar-refractivity contribution in [1.82, 2.24) is 9.97 Å². The van der Waals surface area contributed by atoms with Crippen molar-refractivity contribution >= 4 is 22.7 Å². The molecule has 2 N–H and O–H groups in total. The number of rotatable bonds is 2. The Morgan fingerprint density at radius 1 is 1.32 bits per heavy atom. The molecular formula is C14H12ClN3O. The van der Waals surface area contributed by atoms with Gasteiger partial charge in [-0.05, 0) is 36.2 Å². The molecule has 1 aromatic carbocycles. The highest BCUT2D eigenvalue weighted by atomic mass is 35.5. The fourth-order valence-corrected chi connectivity index (χ4v) is 2.21. The molecule has 0 amide bonds. The molecule has 0 unspecified atom stereocenters. The van der Waals surface area contributed by atoms with Crippen LogP contribution in [0.2, 0.25) is 5.02 Å². The first kappa shape index (κ1) is 12.1. The predicted octanol–water partition coefficient (Wildman–Crippen LogP) is 3.31. The van der Waals surface area contributed by atoms with Crippen molar-refractivity contribution in [2.24, 2.45) is 5.73 Å². The number of halogens is 1. The molecule has 0 fully saturated rings. The molecule has 2 heterocycles. The van der Waals surface area contributed by atoms with E-state index in [1.54, 1.807) is 12.3 Å². The van der Waals surface area contributed by atoms with Crippen LogP contribution in [-0.2, 0) is 6.54 Å². The molecule has 3 rings (SSSR count). The highest BCUT2D eigenvalue weighted by molar-refractivity contribution is 6.31. The lowest BCUT2D eigenvalue weighted by Crippen LogP contribution is -1.96. The van der Waals surface area contributed by atoms with Crippen LogP contribution in [0.4, 0.5) is 0 Å². The fourth-order valence-electron chi connectivity index (χ4n) is 1.94. The van der Waals surface area contributed by atoms with Crippen molar-refractivity contribution in [2.45, 2.75) is 13.5 Å². The zero-order chi connectivity index (χ0) is 13.4. The lowest BCUT2D eigenvalue weighted by Gasteiger charge is -1.97. The first-order chi connectivity index (χ1) is 9.17. The average molecular weight is 274 g/mol. The number of aromatic nitrogens is 2. The van der Waals surface area contributed by atoms with Crippen molar-refractivity contribution < 1.29 is 4.42 Å². The molecule has 0 atom stereocenters. The number of benzene rings is 1. The molecule has 5 heteroatoms. The number of fused-ring (bicyclic) bond motifs is 1. The lowest BCUT2D eigenvalue weighted by atomic mass is 10.2. The Kier molecular flexibility index (Phi) is 2.97. The monoisotopic (exact) mass is 273 g/mol. The summed E-state index contributed by atoms with van der Waals surface area (Å²) in [5, 5.41) is 0.649. The van der Waals surface area contributed by atoms with Gasteiger partial charge in [-0.2, -0.15) is 0 Å². The molecule has 0 spiro atoms. The highest BCUT2D eigenvalue weighted by Gasteiger charge is 2.11. The zero-order valence-corrected chi connectivity index (χ0v) is 11.1. The Balaban J connectivity index is 2.12. The second-order valence-electron chi connectivity index (χ2n) is 4.35. The Hall–Kier alpha value is -1.91. The summed E-state index contributed by atoms with van der Waals surface area (Å²) in [4.78, 5) is 8.71. The summed E-state index contributed by atoms with van der Waals surface area (Å²) in [5.74, 6) is 0.490. The first-order valence-electron chi connectivity index (χ1n) is 5.89.